The third kappa shape index (κ3) is 3.66. The van der Waals surface area contributed by atoms with Gasteiger partial charge in [-0.25, -0.2) is 14.4 Å². The van der Waals surface area contributed by atoms with E-state index in [4.69, 9.17) is 0 Å². The van der Waals surface area contributed by atoms with Crippen molar-refractivity contribution < 1.29 is 14.3 Å². The molecule has 0 atom stereocenters. The van der Waals surface area contributed by atoms with Gasteiger partial charge in [-0.1, -0.05) is 18.2 Å². The van der Waals surface area contributed by atoms with E-state index in [-0.39, 0.29) is 5.69 Å². The van der Waals surface area contributed by atoms with Crippen LogP contribution in [0.2, 0.25) is 0 Å². The molecule has 0 aliphatic heterocycles. The molecule has 0 bridgehead atoms. The van der Waals surface area contributed by atoms with Gasteiger partial charge in [-0.2, -0.15) is 0 Å². The van der Waals surface area contributed by atoms with Gasteiger partial charge < -0.3 is 10.1 Å². The van der Waals surface area contributed by atoms with Gasteiger partial charge in [0.15, 0.2) is 0 Å². The quantitative estimate of drug-likeness (QED) is 0.681. The van der Waals surface area contributed by atoms with Gasteiger partial charge in [0, 0.05) is 12.7 Å². The molecular formula is C20H20N4O4. The smallest absolute Gasteiger partial charge is 0.337 e. The molecule has 8 nitrogen and oxygen atoms in total. The number of anilines is 2. The number of para-hydroxylation sites is 1. The Morgan fingerprint density at radius 1 is 0.964 bits per heavy atom. The number of ether oxygens (including phenoxy) is 1. The number of hydrogen-bond donors (Lipinski definition) is 2. The maximum Gasteiger partial charge on any atom is 0.337 e. The van der Waals surface area contributed by atoms with Crippen LogP contribution in [0.1, 0.15) is 16.1 Å². The molecule has 1 heterocycles. The van der Waals surface area contributed by atoms with Gasteiger partial charge in [-0.15, -0.1) is 0 Å². The highest BCUT2D eigenvalue weighted by molar-refractivity contribution is 6.00. The van der Waals surface area contributed by atoms with E-state index in [9.17, 15) is 14.4 Å². The molecule has 2 amide bonds. The van der Waals surface area contributed by atoms with Crippen LogP contribution >= 0.6 is 0 Å². The lowest BCUT2D eigenvalue weighted by atomic mass is 10.2. The topological polar surface area (TPSA) is 94.4 Å². The zero-order valence-electron chi connectivity index (χ0n) is 15.7. The minimum atomic E-state index is -0.505. The van der Waals surface area contributed by atoms with Crippen LogP contribution in [0.15, 0.2) is 59.4 Å². The van der Waals surface area contributed by atoms with Crippen LogP contribution in [0, 0.1) is 6.92 Å². The van der Waals surface area contributed by atoms with E-state index in [2.05, 4.69) is 15.4 Å². The third-order valence-corrected chi connectivity index (χ3v) is 4.30. The van der Waals surface area contributed by atoms with Crippen LogP contribution in [0.5, 0.6) is 0 Å². The molecule has 3 rings (SSSR count). The van der Waals surface area contributed by atoms with Crippen molar-refractivity contribution in [1.29, 1.82) is 0 Å². The molecule has 0 aliphatic carbocycles. The second-order valence-corrected chi connectivity index (χ2v) is 6.09. The Labute approximate surface area is 161 Å². The number of esters is 1. The number of imidazole rings is 1. The maximum absolute atomic E-state index is 12.6. The number of rotatable bonds is 4. The van der Waals surface area contributed by atoms with Crippen molar-refractivity contribution in [2.24, 2.45) is 7.05 Å². The van der Waals surface area contributed by atoms with E-state index in [1.807, 2.05) is 30.3 Å². The van der Waals surface area contributed by atoms with Crippen molar-refractivity contribution in [3.8, 4) is 5.69 Å². The number of methoxy groups -OCH3 is 1. The van der Waals surface area contributed by atoms with Gasteiger partial charge in [0.1, 0.15) is 5.82 Å². The number of benzene rings is 2. The molecule has 1 aromatic heterocycles. The Morgan fingerprint density at radius 3 is 2.21 bits per heavy atom. The Balaban J connectivity index is 1.79. The predicted molar refractivity (Wildman–Crippen MR) is 106 cm³/mol. The zero-order chi connectivity index (χ0) is 20.3. The molecule has 0 aliphatic rings. The minimum absolute atomic E-state index is 0.263. The van der Waals surface area contributed by atoms with Crippen LogP contribution in [0.4, 0.5) is 16.3 Å². The zero-order valence-corrected chi connectivity index (χ0v) is 15.7. The monoisotopic (exact) mass is 380 g/mol. The first-order valence-electron chi connectivity index (χ1n) is 8.52. The molecule has 0 unspecified atom stereocenters. The Bertz CT molecular complexity index is 1070. The average molecular weight is 380 g/mol. The molecule has 2 N–H and O–H groups in total. The number of hydrogen-bond acceptors (Lipinski definition) is 4. The maximum atomic E-state index is 12.6. The minimum Gasteiger partial charge on any atom is -0.465 e. The summed E-state index contributed by atoms with van der Waals surface area (Å²) in [5, 5.41) is 5.38. The second-order valence-electron chi connectivity index (χ2n) is 6.09. The molecule has 0 fully saturated rings. The molecule has 0 saturated heterocycles. The summed E-state index contributed by atoms with van der Waals surface area (Å²) in [4.78, 5) is 36.4. The van der Waals surface area contributed by atoms with Crippen LogP contribution in [0.3, 0.4) is 0 Å². The van der Waals surface area contributed by atoms with Gasteiger partial charge in [0.2, 0.25) is 0 Å². The van der Waals surface area contributed by atoms with E-state index in [1.54, 1.807) is 38.2 Å². The number of carbonyl (C=O) groups excluding carboxylic acids is 2. The largest absolute Gasteiger partial charge is 0.465 e. The SMILES string of the molecule is COC(=O)c1ccc(NC(=O)Nc2c(C)n(-c3ccccc3)c(=O)n2C)cc1. The lowest BCUT2D eigenvalue weighted by Gasteiger charge is -2.09. The first-order valence-corrected chi connectivity index (χ1v) is 8.52. The van der Waals surface area contributed by atoms with Gasteiger partial charge >= 0.3 is 17.7 Å². The van der Waals surface area contributed by atoms with Crippen molar-refractivity contribution in [1.82, 2.24) is 9.13 Å². The highest BCUT2D eigenvalue weighted by Crippen LogP contribution is 2.18. The lowest BCUT2D eigenvalue weighted by molar-refractivity contribution is 0.0600. The summed E-state index contributed by atoms with van der Waals surface area (Å²) in [6.07, 6.45) is 0. The number of aromatic nitrogens is 2. The Morgan fingerprint density at radius 2 is 1.61 bits per heavy atom. The number of amides is 2. The predicted octanol–water partition coefficient (Wildman–Crippen LogP) is 2.92. The Hall–Kier alpha value is -3.81. The van der Waals surface area contributed by atoms with Crippen LogP contribution in [-0.2, 0) is 11.8 Å². The fourth-order valence-corrected chi connectivity index (χ4v) is 2.87. The second kappa shape index (κ2) is 7.83. The molecular weight excluding hydrogens is 360 g/mol. The summed E-state index contributed by atoms with van der Waals surface area (Å²) in [5.74, 6) is -0.0681. The summed E-state index contributed by atoms with van der Waals surface area (Å²) in [6, 6.07) is 15.0. The fraction of sp³-hybridized carbons (Fsp3) is 0.150. The molecule has 8 heteroatoms. The molecule has 0 radical (unpaired) electrons. The standard InChI is InChI=1S/C20H20N4O4/c1-13-17(23(2)20(27)24(13)16-7-5-4-6-8-16)22-19(26)21-15-11-9-14(10-12-15)18(25)28-3/h4-12H,1-3H3,(H2,21,22,26). The van der Waals surface area contributed by atoms with E-state index >= 15 is 0 Å². The van der Waals surface area contributed by atoms with Crippen molar-refractivity contribution >= 4 is 23.5 Å². The van der Waals surface area contributed by atoms with Crippen molar-refractivity contribution in [3.05, 3.63) is 76.3 Å². The summed E-state index contributed by atoms with van der Waals surface area (Å²) in [7, 11) is 2.89. The van der Waals surface area contributed by atoms with Gasteiger partial charge in [-0.05, 0) is 43.3 Å². The van der Waals surface area contributed by atoms with Crippen molar-refractivity contribution in [3.63, 3.8) is 0 Å². The first-order chi connectivity index (χ1) is 13.4. The van der Waals surface area contributed by atoms with E-state index < -0.39 is 12.0 Å². The third-order valence-electron chi connectivity index (χ3n) is 4.30. The molecule has 2 aromatic carbocycles. The molecule has 0 saturated carbocycles. The summed E-state index contributed by atoms with van der Waals surface area (Å²) in [5.41, 5.74) is 1.94. The van der Waals surface area contributed by atoms with Crippen molar-refractivity contribution in [2.45, 2.75) is 6.92 Å². The fourth-order valence-electron chi connectivity index (χ4n) is 2.87. The highest BCUT2D eigenvalue weighted by atomic mass is 16.5. The Kier molecular flexibility index (Phi) is 5.30. The highest BCUT2D eigenvalue weighted by Gasteiger charge is 2.17. The van der Waals surface area contributed by atoms with E-state index in [0.29, 0.717) is 28.5 Å². The summed E-state index contributed by atoms with van der Waals surface area (Å²) >= 11 is 0. The number of nitrogens with one attached hydrogen (secondary N) is 2. The van der Waals surface area contributed by atoms with Gasteiger partial charge in [0.25, 0.3) is 0 Å². The number of urea groups is 1. The van der Waals surface area contributed by atoms with Crippen molar-refractivity contribution in [2.75, 3.05) is 17.7 Å². The summed E-state index contributed by atoms with van der Waals surface area (Å²) < 4.78 is 7.55. The molecule has 3 aromatic rings. The summed E-state index contributed by atoms with van der Waals surface area (Å²) in [6.45, 7) is 1.76. The van der Waals surface area contributed by atoms with Crippen LogP contribution < -0.4 is 16.3 Å². The molecule has 144 valence electrons. The number of nitrogens with zero attached hydrogens (tertiary/aromatic N) is 2. The first kappa shape index (κ1) is 19.0. The molecule has 0 spiro atoms. The van der Waals surface area contributed by atoms with E-state index in [1.165, 1.54) is 16.2 Å². The average Bonchev–Trinajstić information content (AvgIpc) is 2.92. The van der Waals surface area contributed by atoms with Crippen LogP contribution in [-0.4, -0.2) is 28.2 Å². The van der Waals surface area contributed by atoms with Gasteiger partial charge in [0.05, 0.1) is 24.1 Å². The molecule has 28 heavy (non-hydrogen) atoms. The normalized spacial score (nSPS) is 10.4. The van der Waals surface area contributed by atoms with E-state index in [0.717, 1.165) is 0 Å². The van der Waals surface area contributed by atoms with Crippen LogP contribution in [0.25, 0.3) is 5.69 Å². The number of carbonyl (C=O) groups is 2. The lowest BCUT2D eigenvalue weighted by Crippen LogP contribution is -2.24. The van der Waals surface area contributed by atoms with Gasteiger partial charge in [-0.3, -0.25) is 14.5 Å².